The van der Waals surface area contributed by atoms with Crippen molar-refractivity contribution in [3.63, 3.8) is 0 Å². The van der Waals surface area contributed by atoms with Crippen LogP contribution in [0.25, 0.3) is 0 Å². The topological polar surface area (TPSA) is 125 Å². The number of hydrogen-bond acceptors (Lipinski definition) is 5. The van der Waals surface area contributed by atoms with Gasteiger partial charge >= 0.3 is 0 Å². The first-order valence-corrected chi connectivity index (χ1v) is 8.09. The third kappa shape index (κ3) is 3.34. The van der Waals surface area contributed by atoms with Crippen molar-refractivity contribution in [1.82, 2.24) is 4.72 Å². The van der Waals surface area contributed by atoms with Gasteiger partial charge in [0.1, 0.15) is 5.75 Å². The fourth-order valence-electron chi connectivity index (χ4n) is 2.45. The molecule has 116 valence electrons. The Hall–Kier alpha value is -1.64. The third-order valence-electron chi connectivity index (χ3n) is 3.62. The maximum Gasteiger partial charge on any atom is 0.252 e. The molecule has 0 radical (unpaired) electrons. The van der Waals surface area contributed by atoms with E-state index in [1.54, 1.807) is 0 Å². The van der Waals surface area contributed by atoms with E-state index in [4.69, 9.17) is 16.2 Å². The zero-order valence-electron chi connectivity index (χ0n) is 11.7. The molecule has 1 amide bonds. The second-order valence-electron chi connectivity index (χ2n) is 5.05. The maximum atomic E-state index is 12.3. The molecule has 1 aliphatic carbocycles. The lowest BCUT2D eigenvalue weighted by atomic mass is 10.2. The molecular weight excluding hydrogens is 294 g/mol. The van der Waals surface area contributed by atoms with Gasteiger partial charge in [-0.2, -0.15) is 0 Å². The number of methoxy groups -OCH3 is 1. The Morgan fingerprint density at radius 1 is 1.38 bits per heavy atom. The summed E-state index contributed by atoms with van der Waals surface area (Å²) in [6.07, 6.45) is 2.39. The van der Waals surface area contributed by atoms with Crippen molar-refractivity contribution >= 4 is 15.9 Å². The minimum atomic E-state index is -3.75. The summed E-state index contributed by atoms with van der Waals surface area (Å²) in [6.45, 7) is 0. The molecule has 0 aromatic heterocycles. The average Bonchev–Trinajstić information content (AvgIpc) is 2.82. The molecule has 2 atom stereocenters. The van der Waals surface area contributed by atoms with E-state index in [2.05, 4.69) is 4.72 Å². The SMILES string of the molecule is COc1ccc(S(=O)(=O)NC2CCCC2N)cc1C(N)=O. The van der Waals surface area contributed by atoms with Crippen LogP contribution in [0.15, 0.2) is 23.1 Å². The molecule has 0 saturated heterocycles. The Bertz CT molecular complexity index is 645. The van der Waals surface area contributed by atoms with Gasteiger partial charge in [0.2, 0.25) is 10.0 Å². The van der Waals surface area contributed by atoms with Crippen molar-refractivity contribution in [2.45, 2.75) is 36.2 Å². The number of ether oxygens (including phenoxy) is 1. The Balaban J connectivity index is 2.31. The van der Waals surface area contributed by atoms with Crippen molar-refractivity contribution in [1.29, 1.82) is 0 Å². The molecule has 7 nitrogen and oxygen atoms in total. The van der Waals surface area contributed by atoms with Gasteiger partial charge in [-0.1, -0.05) is 6.42 Å². The van der Waals surface area contributed by atoms with E-state index in [1.165, 1.54) is 25.3 Å². The Morgan fingerprint density at radius 3 is 2.62 bits per heavy atom. The molecule has 0 heterocycles. The number of hydrogen-bond donors (Lipinski definition) is 3. The highest BCUT2D eigenvalue weighted by Gasteiger charge is 2.29. The molecule has 2 unspecified atom stereocenters. The fraction of sp³-hybridized carbons (Fsp3) is 0.462. The molecule has 2 rings (SSSR count). The Kier molecular flexibility index (Phi) is 4.50. The molecule has 1 aliphatic rings. The number of rotatable bonds is 5. The fourth-order valence-corrected chi connectivity index (χ4v) is 3.80. The highest BCUT2D eigenvalue weighted by molar-refractivity contribution is 7.89. The molecule has 1 saturated carbocycles. The van der Waals surface area contributed by atoms with Crippen LogP contribution in [0.5, 0.6) is 5.75 Å². The predicted molar refractivity (Wildman–Crippen MR) is 77.4 cm³/mol. The number of benzene rings is 1. The van der Waals surface area contributed by atoms with Gasteiger partial charge in [-0.15, -0.1) is 0 Å². The minimum absolute atomic E-state index is 0.0242. The molecule has 5 N–H and O–H groups in total. The van der Waals surface area contributed by atoms with Crippen LogP contribution in [0.1, 0.15) is 29.6 Å². The smallest absolute Gasteiger partial charge is 0.252 e. The number of amides is 1. The lowest BCUT2D eigenvalue weighted by Gasteiger charge is -2.18. The third-order valence-corrected chi connectivity index (χ3v) is 5.11. The van der Waals surface area contributed by atoms with E-state index in [9.17, 15) is 13.2 Å². The van der Waals surface area contributed by atoms with E-state index in [0.29, 0.717) is 6.42 Å². The van der Waals surface area contributed by atoms with Crippen molar-refractivity contribution in [3.8, 4) is 5.75 Å². The molecular formula is C13H19N3O4S. The standard InChI is InChI=1S/C13H19N3O4S/c1-20-12-6-5-8(7-9(12)13(15)17)21(18,19)16-11-4-2-3-10(11)14/h5-7,10-11,16H,2-4,14H2,1H3,(H2,15,17). The van der Waals surface area contributed by atoms with Gasteiger partial charge in [-0.3, -0.25) is 4.79 Å². The van der Waals surface area contributed by atoms with Gasteiger partial charge < -0.3 is 16.2 Å². The summed E-state index contributed by atoms with van der Waals surface area (Å²) in [6, 6.07) is 3.52. The normalized spacial score (nSPS) is 22.2. The lowest BCUT2D eigenvalue weighted by Crippen LogP contribution is -2.43. The molecule has 21 heavy (non-hydrogen) atoms. The summed E-state index contributed by atoms with van der Waals surface area (Å²) in [5, 5.41) is 0. The number of primary amides is 1. The average molecular weight is 313 g/mol. The maximum absolute atomic E-state index is 12.3. The number of carbonyl (C=O) groups excluding carboxylic acids is 1. The summed E-state index contributed by atoms with van der Waals surface area (Å²) in [7, 11) is -2.37. The summed E-state index contributed by atoms with van der Waals surface area (Å²) >= 11 is 0. The van der Waals surface area contributed by atoms with Gasteiger partial charge in [0.05, 0.1) is 17.6 Å². The summed E-state index contributed by atoms with van der Waals surface area (Å²) in [5.74, 6) is -0.513. The summed E-state index contributed by atoms with van der Waals surface area (Å²) < 4.78 is 32.3. The molecule has 0 bridgehead atoms. The van der Waals surface area contributed by atoms with Crippen LogP contribution in [0.4, 0.5) is 0 Å². The summed E-state index contributed by atoms with van der Waals surface area (Å²) in [5.41, 5.74) is 11.1. The number of nitrogens with two attached hydrogens (primary N) is 2. The quantitative estimate of drug-likeness (QED) is 0.703. The van der Waals surface area contributed by atoms with Crippen LogP contribution in [-0.2, 0) is 10.0 Å². The second kappa shape index (κ2) is 6.00. The largest absolute Gasteiger partial charge is 0.496 e. The predicted octanol–water partition coefficient (Wildman–Crippen LogP) is -0.0478. The van der Waals surface area contributed by atoms with Crippen LogP contribution in [0.2, 0.25) is 0 Å². The van der Waals surface area contributed by atoms with Crippen LogP contribution in [0, 0.1) is 0 Å². The first-order chi connectivity index (χ1) is 9.85. The van der Waals surface area contributed by atoms with Crippen LogP contribution < -0.4 is 20.9 Å². The number of nitrogens with one attached hydrogen (secondary N) is 1. The second-order valence-corrected chi connectivity index (χ2v) is 6.76. The molecule has 0 spiro atoms. The molecule has 1 aromatic carbocycles. The van der Waals surface area contributed by atoms with Crippen molar-refractivity contribution < 1.29 is 17.9 Å². The Morgan fingerprint density at radius 2 is 2.10 bits per heavy atom. The molecule has 1 aromatic rings. The first kappa shape index (κ1) is 15.7. The van der Waals surface area contributed by atoms with Crippen LogP contribution >= 0.6 is 0 Å². The molecule has 0 aliphatic heterocycles. The van der Waals surface area contributed by atoms with Gasteiger partial charge in [0, 0.05) is 12.1 Å². The van der Waals surface area contributed by atoms with E-state index in [0.717, 1.165) is 12.8 Å². The van der Waals surface area contributed by atoms with Crippen molar-refractivity contribution in [2.75, 3.05) is 7.11 Å². The zero-order chi connectivity index (χ0) is 15.6. The van der Waals surface area contributed by atoms with E-state index < -0.39 is 15.9 Å². The van der Waals surface area contributed by atoms with Crippen molar-refractivity contribution in [3.05, 3.63) is 23.8 Å². The monoisotopic (exact) mass is 313 g/mol. The minimum Gasteiger partial charge on any atom is -0.496 e. The highest BCUT2D eigenvalue weighted by Crippen LogP contribution is 2.24. The van der Waals surface area contributed by atoms with Gasteiger partial charge in [0.25, 0.3) is 5.91 Å². The molecule has 8 heteroatoms. The van der Waals surface area contributed by atoms with Gasteiger partial charge in [-0.05, 0) is 31.0 Å². The van der Waals surface area contributed by atoms with Gasteiger partial charge in [-0.25, -0.2) is 13.1 Å². The van der Waals surface area contributed by atoms with Gasteiger partial charge in [0.15, 0.2) is 0 Å². The summed E-state index contributed by atoms with van der Waals surface area (Å²) in [4.78, 5) is 11.3. The van der Waals surface area contributed by atoms with Crippen molar-refractivity contribution in [2.24, 2.45) is 11.5 Å². The van der Waals surface area contributed by atoms with E-state index in [-0.39, 0.29) is 28.3 Å². The van der Waals surface area contributed by atoms with E-state index >= 15 is 0 Å². The Labute approximate surface area is 123 Å². The van der Waals surface area contributed by atoms with Crippen LogP contribution in [0.3, 0.4) is 0 Å². The number of sulfonamides is 1. The zero-order valence-corrected chi connectivity index (χ0v) is 12.5. The van der Waals surface area contributed by atoms with E-state index in [1.807, 2.05) is 0 Å². The highest BCUT2D eigenvalue weighted by atomic mass is 32.2. The van der Waals surface area contributed by atoms with Crippen LogP contribution in [-0.4, -0.2) is 33.5 Å². The molecule has 1 fully saturated rings. The first-order valence-electron chi connectivity index (χ1n) is 6.61. The lowest BCUT2D eigenvalue weighted by molar-refractivity contribution is 0.0997. The number of carbonyl (C=O) groups is 1.